The highest BCUT2D eigenvalue weighted by molar-refractivity contribution is 9.10. The van der Waals surface area contributed by atoms with E-state index in [1.165, 1.54) is 60.3 Å². The molecule has 0 amide bonds. The zero-order chi connectivity index (χ0) is 17.7. The molecule has 6 aromatic rings. The quantitative estimate of drug-likeness (QED) is 0.277. The van der Waals surface area contributed by atoms with Crippen molar-refractivity contribution >= 4 is 71.0 Å². The van der Waals surface area contributed by atoms with Gasteiger partial charge in [-0.05, 0) is 54.8 Å². The summed E-state index contributed by atoms with van der Waals surface area (Å²) < 4.78 is 3.60. The van der Waals surface area contributed by atoms with Gasteiger partial charge in [0.2, 0.25) is 0 Å². The zero-order valence-electron chi connectivity index (χ0n) is 14.5. The third-order valence-corrected chi connectivity index (χ3v) is 6.67. The highest BCUT2D eigenvalue weighted by Gasteiger charge is 2.24. The first-order chi connectivity index (χ1) is 13.3. The Balaban J connectivity index is 1.87. The number of nitrogens with one attached hydrogen (secondary N) is 1. The van der Waals surface area contributed by atoms with E-state index in [-0.39, 0.29) is 0 Å². The molecule has 0 unspecified atom stereocenters. The van der Waals surface area contributed by atoms with E-state index < -0.39 is 0 Å². The van der Waals surface area contributed by atoms with E-state index >= 15 is 0 Å². The van der Waals surface area contributed by atoms with Crippen molar-refractivity contribution in [3.8, 4) is 0 Å². The number of para-hydroxylation sites is 1. The van der Waals surface area contributed by atoms with Crippen LogP contribution >= 0.6 is 15.9 Å². The molecule has 0 fully saturated rings. The van der Waals surface area contributed by atoms with E-state index in [2.05, 4.69) is 86.0 Å². The summed E-state index contributed by atoms with van der Waals surface area (Å²) in [5.41, 5.74) is 7.97. The monoisotopic (exact) mass is 410 g/mol. The van der Waals surface area contributed by atoms with Crippen LogP contribution in [-0.4, -0.2) is 9.38 Å². The van der Waals surface area contributed by atoms with E-state index in [1.807, 2.05) is 0 Å². The van der Waals surface area contributed by atoms with Crippen LogP contribution in [0.3, 0.4) is 0 Å². The van der Waals surface area contributed by atoms with Crippen LogP contribution in [0.25, 0.3) is 55.1 Å². The number of aryl methyl sites for hydroxylation is 1. The van der Waals surface area contributed by atoms with Crippen LogP contribution in [0.1, 0.15) is 17.7 Å². The van der Waals surface area contributed by atoms with Crippen molar-refractivity contribution < 1.29 is 0 Å². The van der Waals surface area contributed by atoms with Gasteiger partial charge in [0.1, 0.15) is 0 Å². The minimum absolute atomic E-state index is 1.12. The molecule has 0 saturated heterocycles. The number of H-pyrrole nitrogens is 1. The van der Waals surface area contributed by atoms with Crippen molar-refractivity contribution in [2.24, 2.45) is 0 Å². The fourth-order valence-corrected chi connectivity index (χ4v) is 5.47. The molecule has 1 aliphatic rings. The van der Waals surface area contributed by atoms with Crippen LogP contribution in [0.2, 0.25) is 0 Å². The Morgan fingerprint density at radius 1 is 0.926 bits per heavy atom. The van der Waals surface area contributed by atoms with Crippen molar-refractivity contribution in [1.82, 2.24) is 9.38 Å². The van der Waals surface area contributed by atoms with Gasteiger partial charge in [-0.1, -0.05) is 40.2 Å². The van der Waals surface area contributed by atoms with Gasteiger partial charge in [0.15, 0.2) is 0 Å². The smallest absolute Gasteiger partial charge is 0.0638 e. The van der Waals surface area contributed by atoms with E-state index in [1.54, 1.807) is 0 Å². The van der Waals surface area contributed by atoms with Gasteiger partial charge in [0, 0.05) is 42.6 Å². The van der Waals surface area contributed by atoms with Gasteiger partial charge in [0.25, 0.3) is 0 Å². The molecule has 0 saturated carbocycles. The Morgan fingerprint density at radius 3 is 2.81 bits per heavy atom. The standard InChI is InChI=1S/C24H15BrN2/c25-13-9-10-19-16(11-13)17-12-18-14-5-1-3-7-20(14)27-21-8-4-2-6-15(21)22(24(18)27)23(17)26-19/h2-4,6-12,26H,1,5H2. The Hall–Kier alpha value is -2.78. The van der Waals surface area contributed by atoms with Crippen molar-refractivity contribution in [3.05, 3.63) is 70.3 Å². The molecule has 0 radical (unpaired) electrons. The molecule has 27 heavy (non-hydrogen) atoms. The highest BCUT2D eigenvalue weighted by Crippen LogP contribution is 2.44. The molecule has 3 heteroatoms. The third-order valence-electron chi connectivity index (χ3n) is 6.18. The molecule has 0 spiro atoms. The molecule has 3 aromatic heterocycles. The Morgan fingerprint density at radius 2 is 1.85 bits per heavy atom. The molecule has 0 aliphatic heterocycles. The second-order valence-electron chi connectivity index (χ2n) is 7.54. The second kappa shape index (κ2) is 4.73. The SMILES string of the molecule is Brc1ccc2[nH]c3c(cc4c5c(n6c7ccccc7c3c46)C=CCC5)c2c1. The largest absolute Gasteiger partial charge is 0.354 e. The lowest BCUT2D eigenvalue weighted by Gasteiger charge is -2.07. The van der Waals surface area contributed by atoms with E-state index in [4.69, 9.17) is 0 Å². The first kappa shape index (κ1) is 14.3. The second-order valence-corrected chi connectivity index (χ2v) is 8.46. The van der Waals surface area contributed by atoms with Gasteiger partial charge in [0.05, 0.1) is 16.6 Å². The third kappa shape index (κ3) is 1.62. The Kier molecular flexibility index (Phi) is 2.51. The number of hydrogen-bond donors (Lipinski definition) is 1. The highest BCUT2D eigenvalue weighted by atomic mass is 79.9. The summed E-state index contributed by atoms with van der Waals surface area (Å²) >= 11 is 3.65. The van der Waals surface area contributed by atoms with Crippen LogP contribution in [0.5, 0.6) is 0 Å². The lowest BCUT2D eigenvalue weighted by molar-refractivity contribution is 0.985. The summed E-state index contributed by atoms with van der Waals surface area (Å²) in [6, 6.07) is 17.7. The van der Waals surface area contributed by atoms with Crippen molar-refractivity contribution in [2.45, 2.75) is 12.8 Å². The fourth-order valence-electron chi connectivity index (χ4n) is 5.11. The van der Waals surface area contributed by atoms with Crippen molar-refractivity contribution in [1.29, 1.82) is 0 Å². The minimum Gasteiger partial charge on any atom is -0.354 e. The maximum atomic E-state index is 3.72. The molecule has 3 aromatic carbocycles. The number of halogens is 1. The summed E-state index contributed by atoms with van der Waals surface area (Å²) in [5.74, 6) is 0. The lowest BCUT2D eigenvalue weighted by Crippen LogP contribution is -1.94. The van der Waals surface area contributed by atoms with Crippen molar-refractivity contribution in [3.63, 3.8) is 0 Å². The average molecular weight is 411 g/mol. The maximum Gasteiger partial charge on any atom is 0.0638 e. The molecule has 2 nitrogen and oxygen atoms in total. The number of aromatic amines is 1. The molecule has 7 rings (SSSR count). The predicted molar refractivity (Wildman–Crippen MR) is 118 cm³/mol. The molecule has 1 N–H and O–H groups in total. The average Bonchev–Trinajstić information content (AvgIpc) is 3.33. The van der Waals surface area contributed by atoms with E-state index in [0.717, 1.165) is 17.3 Å². The number of nitrogens with zero attached hydrogens (tertiary/aromatic N) is 1. The van der Waals surface area contributed by atoms with Crippen molar-refractivity contribution in [2.75, 3.05) is 0 Å². The predicted octanol–water partition coefficient (Wildman–Crippen LogP) is 7.04. The first-order valence-electron chi connectivity index (χ1n) is 9.39. The first-order valence-corrected chi connectivity index (χ1v) is 10.2. The number of aromatic nitrogens is 2. The molecular formula is C24H15BrN2. The summed E-state index contributed by atoms with van der Waals surface area (Å²) in [5, 5.41) is 6.70. The number of benzene rings is 3. The van der Waals surface area contributed by atoms with E-state index in [0.29, 0.717) is 0 Å². The van der Waals surface area contributed by atoms with Gasteiger partial charge >= 0.3 is 0 Å². The Labute approximate surface area is 163 Å². The lowest BCUT2D eigenvalue weighted by atomic mass is 9.97. The summed E-state index contributed by atoms with van der Waals surface area (Å²) in [6.07, 6.45) is 6.87. The van der Waals surface area contributed by atoms with Crippen LogP contribution in [0, 0.1) is 0 Å². The van der Waals surface area contributed by atoms with Crippen LogP contribution in [-0.2, 0) is 6.42 Å². The van der Waals surface area contributed by atoms with Gasteiger partial charge in [-0.15, -0.1) is 0 Å². The van der Waals surface area contributed by atoms with Crippen LogP contribution in [0.15, 0.2) is 59.1 Å². The topological polar surface area (TPSA) is 20.2 Å². The number of hydrogen-bond acceptors (Lipinski definition) is 0. The molecule has 1 aliphatic carbocycles. The van der Waals surface area contributed by atoms with Gasteiger partial charge in [-0.2, -0.15) is 0 Å². The van der Waals surface area contributed by atoms with E-state index in [9.17, 15) is 0 Å². The normalized spacial score (nSPS) is 14.4. The summed E-state index contributed by atoms with van der Waals surface area (Å²) in [6.45, 7) is 0. The number of fused-ring (bicyclic) bond motifs is 10. The number of allylic oxidation sites excluding steroid dienone is 1. The molecule has 0 atom stereocenters. The molecular weight excluding hydrogens is 396 g/mol. The summed E-state index contributed by atoms with van der Waals surface area (Å²) in [4.78, 5) is 3.72. The van der Waals surface area contributed by atoms with Crippen LogP contribution in [0.4, 0.5) is 0 Å². The molecule has 0 bridgehead atoms. The minimum atomic E-state index is 1.12. The summed E-state index contributed by atoms with van der Waals surface area (Å²) in [7, 11) is 0. The Bertz CT molecular complexity index is 1580. The van der Waals surface area contributed by atoms with Gasteiger partial charge < -0.3 is 9.38 Å². The molecule has 128 valence electrons. The molecule has 3 heterocycles. The van der Waals surface area contributed by atoms with Gasteiger partial charge in [-0.25, -0.2) is 0 Å². The van der Waals surface area contributed by atoms with Gasteiger partial charge in [-0.3, -0.25) is 0 Å². The number of rotatable bonds is 0. The van der Waals surface area contributed by atoms with Crippen LogP contribution < -0.4 is 0 Å². The maximum absolute atomic E-state index is 3.72. The zero-order valence-corrected chi connectivity index (χ0v) is 16.1. The fraction of sp³-hybridized carbons (Fsp3) is 0.0833.